The zero-order chi connectivity index (χ0) is 10.5. The molecular formula is C10H12N4O. The molecule has 5 nitrogen and oxygen atoms in total. The maximum Gasteiger partial charge on any atom is 0.121 e. The van der Waals surface area contributed by atoms with Crippen LogP contribution in [0.25, 0.3) is 0 Å². The Balaban J connectivity index is 1.83. The lowest BCUT2D eigenvalue weighted by Gasteiger charge is -2.01. The van der Waals surface area contributed by atoms with Crippen LogP contribution in [-0.4, -0.2) is 15.3 Å². The minimum atomic E-state index is 0.657. The van der Waals surface area contributed by atoms with Crippen LogP contribution >= 0.6 is 0 Å². The summed E-state index contributed by atoms with van der Waals surface area (Å²) in [5.74, 6) is 0. The van der Waals surface area contributed by atoms with Crippen molar-refractivity contribution in [1.82, 2.24) is 20.6 Å². The van der Waals surface area contributed by atoms with E-state index in [0.717, 1.165) is 23.5 Å². The van der Waals surface area contributed by atoms with E-state index in [9.17, 15) is 0 Å². The third-order valence-corrected chi connectivity index (χ3v) is 2.09. The van der Waals surface area contributed by atoms with Gasteiger partial charge in [0, 0.05) is 25.5 Å². The van der Waals surface area contributed by atoms with Crippen LogP contribution < -0.4 is 5.32 Å². The molecule has 0 amide bonds. The van der Waals surface area contributed by atoms with Gasteiger partial charge in [-0.1, -0.05) is 16.4 Å². The molecular weight excluding hydrogens is 192 g/mol. The number of nitrogens with one attached hydrogen (secondary N) is 1. The molecule has 0 bridgehead atoms. The largest absolute Gasteiger partial charge is 0.307 e. The average Bonchev–Trinajstić information content (AvgIpc) is 2.66. The highest BCUT2D eigenvalue weighted by molar-refractivity contribution is 5.09. The number of rotatable bonds is 4. The highest BCUT2D eigenvalue weighted by Gasteiger charge is 2.03. The van der Waals surface area contributed by atoms with Gasteiger partial charge >= 0.3 is 0 Å². The molecule has 0 spiro atoms. The first kappa shape index (κ1) is 9.79. The molecule has 1 N–H and O–H groups in total. The van der Waals surface area contributed by atoms with Crippen LogP contribution in [0.4, 0.5) is 0 Å². The van der Waals surface area contributed by atoms with Gasteiger partial charge in [-0.25, -0.2) is 4.63 Å². The molecule has 0 radical (unpaired) electrons. The second-order valence-corrected chi connectivity index (χ2v) is 3.26. The molecule has 2 rings (SSSR count). The van der Waals surface area contributed by atoms with Gasteiger partial charge in [0.1, 0.15) is 11.4 Å². The molecule has 0 unspecified atom stereocenters. The van der Waals surface area contributed by atoms with Crippen LogP contribution in [0.2, 0.25) is 0 Å². The summed E-state index contributed by atoms with van der Waals surface area (Å²) in [6.45, 7) is 3.29. The van der Waals surface area contributed by atoms with Crippen molar-refractivity contribution in [2.24, 2.45) is 0 Å². The smallest absolute Gasteiger partial charge is 0.121 e. The zero-order valence-electron chi connectivity index (χ0n) is 8.47. The van der Waals surface area contributed by atoms with E-state index in [1.165, 1.54) is 0 Å². The zero-order valence-corrected chi connectivity index (χ0v) is 8.47. The number of nitrogens with zero attached hydrogens (tertiary/aromatic N) is 3. The van der Waals surface area contributed by atoms with E-state index in [2.05, 4.69) is 25.2 Å². The highest BCUT2D eigenvalue weighted by atomic mass is 16.6. The first-order chi connectivity index (χ1) is 7.36. The Morgan fingerprint density at radius 2 is 2.27 bits per heavy atom. The third kappa shape index (κ3) is 2.60. The lowest BCUT2D eigenvalue weighted by Crippen LogP contribution is -2.13. The lowest BCUT2D eigenvalue weighted by atomic mass is 10.3. The summed E-state index contributed by atoms with van der Waals surface area (Å²) in [5, 5.41) is 10.7. The third-order valence-electron chi connectivity index (χ3n) is 2.09. The topological polar surface area (TPSA) is 63.8 Å². The van der Waals surface area contributed by atoms with Crippen LogP contribution in [0.15, 0.2) is 29.2 Å². The number of pyridine rings is 1. The van der Waals surface area contributed by atoms with Crippen molar-refractivity contribution in [3.63, 3.8) is 0 Å². The molecule has 0 saturated heterocycles. The molecule has 0 aliphatic heterocycles. The molecule has 0 aromatic carbocycles. The molecule has 0 aliphatic rings. The predicted molar refractivity (Wildman–Crippen MR) is 53.8 cm³/mol. The second-order valence-electron chi connectivity index (χ2n) is 3.26. The Morgan fingerprint density at radius 1 is 1.33 bits per heavy atom. The Kier molecular flexibility index (Phi) is 3.04. The minimum Gasteiger partial charge on any atom is -0.307 e. The molecule has 2 aromatic heterocycles. The summed E-state index contributed by atoms with van der Waals surface area (Å²) in [7, 11) is 0. The van der Waals surface area contributed by atoms with Crippen molar-refractivity contribution in [2.45, 2.75) is 20.0 Å². The number of aromatic nitrogens is 3. The Bertz CT molecular complexity index is 412. The van der Waals surface area contributed by atoms with Crippen LogP contribution in [0.3, 0.4) is 0 Å². The van der Waals surface area contributed by atoms with Gasteiger partial charge in [-0.15, -0.1) is 0 Å². The van der Waals surface area contributed by atoms with E-state index in [4.69, 9.17) is 0 Å². The van der Waals surface area contributed by atoms with Gasteiger partial charge in [0.15, 0.2) is 0 Å². The first-order valence-electron chi connectivity index (χ1n) is 4.74. The Hall–Kier alpha value is -1.75. The van der Waals surface area contributed by atoms with Gasteiger partial charge in [-0.3, -0.25) is 4.98 Å². The van der Waals surface area contributed by atoms with Crippen molar-refractivity contribution < 1.29 is 4.63 Å². The SMILES string of the molecule is Cc1nonc1CNCc1cccnc1. The van der Waals surface area contributed by atoms with Crippen molar-refractivity contribution in [3.05, 3.63) is 41.5 Å². The summed E-state index contributed by atoms with van der Waals surface area (Å²) in [5.41, 5.74) is 2.82. The van der Waals surface area contributed by atoms with Crippen molar-refractivity contribution in [1.29, 1.82) is 0 Å². The quantitative estimate of drug-likeness (QED) is 0.806. The molecule has 2 aromatic rings. The van der Waals surface area contributed by atoms with Gasteiger partial charge in [-0.05, 0) is 18.6 Å². The average molecular weight is 204 g/mol. The molecule has 0 aliphatic carbocycles. The van der Waals surface area contributed by atoms with Crippen molar-refractivity contribution in [2.75, 3.05) is 0 Å². The fourth-order valence-corrected chi connectivity index (χ4v) is 1.24. The maximum atomic E-state index is 4.60. The lowest BCUT2D eigenvalue weighted by molar-refractivity contribution is 0.300. The Labute approximate surface area is 87.5 Å². The van der Waals surface area contributed by atoms with E-state index < -0.39 is 0 Å². The standard InChI is InChI=1S/C10H12N4O/c1-8-10(14-15-13-8)7-12-6-9-3-2-4-11-5-9/h2-5,12H,6-7H2,1H3. The maximum absolute atomic E-state index is 4.60. The van der Waals surface area contributed by atoms with Gasteiger partial charge in [0.2, 0.25) is 0 Å². The summed E-state index contributed by atoms with van der Waals surface area (Å²) in [6, 6.07) is 3.94. The van der Waals surface area contributed by atoms with E-state index in [-0.39, 0.29) is 0 Å². The fraction of sp³-hybridized carbons (Fsp3) is 0.300. The van der Waals surface area contributed by atoms with Crippen LogP contribution in [-0.2, 0) is 13.1 Å². The minimum absolute atomic E-state index is 0.657. The number of hydrogen-bond donors (Lipinski definition) is 1. The van der Waals surface area contributed by atoms with E-state index in [0.29, 0.717) is 6.54 Å². The van der Waals surface area contributed by atoms with Gasteiger partial charge in [0.25, 0.3) is 0 Å². The second kappa shape index (κ2) is 4.65. The van der Waals surface area contributed by atoms with Crippen LogP contribution in [0.1, 0.15) is 17.0 Å². The van der Waals surface area contributed by atoms with E-state index >= 15 is 0 Å². The van der Waals surface area contributed by atoms with E-state index in [1.54, 1.807) is 6.20 Å². The fourth-order valence-electron chi connectivity index (χ4n) is 1.24. The molecule has 5 heteroatoms. The molecule has 2 heterocycles. The van der Waals surface area contributed by atoms with E-state index in [1.807, 2.05) is 25.3 Å². The number of hydrogen-bond acceptors (Lipinski definition) is 5. The van der Waals surface area contributed by atoms with Crippen molar-refractivity contribution in [3.8, 4) is 0 Å². The molecule has 0 saturated carbocycles. The van der Waals surface area contributed by atoms with Gasteiger partial charge < -0.3 is 5.32 Å². The van der Waals surface area contributed by atoms with Gasteiger partial charge in [-0.2, -0.15) is 0 Å². The summed E-state index contributed by atoms with van der Waals surface area (Å²) < 4.78 is 4.60. The molecule has 15 heavy (non-hydrogen) atoms. The normalized spacial score (nSPS) is 10.5. The molecule has 0 fully saturated rings. The summed E-state index contributed by atoms with van der Waals surface area (Å²) in [4.78, 5) is 4.03. The Morgan fingerprint density at radius 3 is 2.93 bits per heavy atom. The van der Waals surface area contributed by atoms with Crippen LogP contribution in [0, 0.1) is 6.92 Å². The monoisotopic (exact) mass is 204 g/mol. The summed E-state index contributed by atoms with van der Waals surface area (Å²) >= 11 is 0. The van der Waals surface area contributed by atoms with Crippen molar-refractivity contribution >= 4 is 0 Å². The molecule has 78 valence electrons. The highest BCUT2D eigenvalue weighted by Crippen LogP contribution is 2.00. The van der Waals surface area contributed by atoms with Crippen LogP contribution in [0.5, 0.6) is 0 Å². The predicted octanol–water partition coefficient (Wildman–Crippen LogP) is 1.06. The van der Waals surface area contributed by atoms with Gasteiger partial charge in [0.05, 0.1) is 0 Å². The number of aryl methyl sites for hydroxylation is 1. The summed E-state index contributed by atoms with van der Waals surface area (Å²) in [6.07, 6.45) is 3.59. The molecule has 0 atom stereocenters. The first-order valence-corrected chi connectivity index (χ1v) is 4.74.